The minimum Gasteiger partial charge on any atom is -0.309 e. The number of hydrogen-bond donors (Lipinski definition) is 0. The summed E-state index contributed by atoms with van der Waals surface area (Å²) in [5.41, 5.74) is 11.8. The zero-order valence-corrected chi connectivity index (χ0v) is 22.6. The summed E-state index contributed by atoms with van der Waals surface area (Å²) in [7, 11) is 0. The van der Waals surface area contributed by atoms with Gasteiger partial charge in [0, 0.05) is 33.6 Å². The van der Waals surface area contributed by atoms with E-state index >= 15 is 0 Å². The number of aromatic nitrogens is 4. The van der Waals surface area contributed by atoms with Gasteiger partial charge in [-0.05, 0) is 59.7 Å². The Morgan fingerprint density at radius 3 is 1.93 bits per heavy atom. The normalized spacial score (nSPS) is 11.8. The topological polar surface area (TPSA) is 35.1 Å². The molecular formula is C38H24N4. The second kappa shape index (κ2) is 8.88. The molecule has 5 aromatic carbocycles. The first-order valence-electron chi connectivity index (χ1n) is 14.2. The molecule has 9 aromatic rings. The summed E-state index contributed by atoms with van der Waals surface area (Å²) in [5.74, 6) is 0. The lowest BCUT2D eigenvalue weighted by atomic mass is 10.00. The molecule has 0 saturated carbocycles. The number of imidazole rings is 1. The molecule has 0 aliphatic heterocycles. The third-order valence-corrected chi connectivity index (χ3v) is 8.32. The van der Waals surface area contributed by atoms with Gasteiger partial charge in [-0.15, -0.1) is 0 Å². The van der Waals surface area contributed by atoms with Crippen LogP contribution in [0.3, 0.4) is 0 Å². The van der Waals surface area contributed by atoms with Crippen LogP contribution in [0.4, 0.5) is 0 Å². The van der Waals surface area contributed by atoms with Gasteiger partial charge >= 0.3 is 0 Å². The Bertz CT molecular complexity index is 2410. The van der Waals surface area contributed by atoms with E-state index in [4.69, 9.17) is 9.97 Å². The fourth-order valence-corrected chi connectivity index (χ4v) is 6.41. The van der Waals surface area contributed by atoms with Crippen LogP contribution in [0.25, 0.3) is 77.5 Å². The molecule has 4 nitrogen and oxygen atoms in total. The van der Waals surface area contributed by atoms with Gasteiger partial charge in [-0.3, -0.25) is 4.40 Å². The molecule has 0 bridgehead atoms. The highest BCUT2D eigenvalue weighted by molar-refractivity contribution is 6.10. The Morgan fingerprint density at radius 2 is 1.14 bits per heavy atom. The van der Waals surface area contributed by atoms with E-state index in [1.54, 1.807) is 0 Å². The van der Waals surface area contributed by atoms with Gasteiger partial charge in [0.15, 0.2) is 0 Å². The molecule has 0 atom stereocenters. The van der Waals surface area contributed by atoms with Crippen LogP contribution in [-0.4, -0.2) is 18.9 Å². The van der Waals surface area contributed by atoms with Crippen LogP contribution in [0, 0.1) is 0 Å². The smallest absolute Gasteiger partial charge is 0.137 e. The molecule has 0 amide bonds. The summed E-state index contributed by atoms with van der Waals surface area (Å²) >= 11 is 0. The fourth-order valence-electron chi connectivity index (χ4n) is 6.41. The maximum atomic E-state index is 5.17. The van der Waals surface area contributed by atoms with Gasteiger partial charge in [-0.1, -0.05) is 91.0 Å². The predicted octanol–water partition coefficient (Wildman–Crippen LogP) is 9.47. The Labute approximate surface area is 241 Å². The van der Waals surface area contributed by atoms with E-state index in [1.165, 1.54) is 21.8 Å². The molecule has 196 valence electrons. The standard InChI is InChI=1S/C38H24N4/c1-4-15-32-31(14-1)37-38(41-23-8-7-18-35(41)40-37)36(39-32)27-11-9-10-26(24-27)25-19-21-28(22-20-25)42-33-16-5-2-12-29(33)30-13-3-6-17-34(30)42/h1-24H. The SMILES string of the molecule is c1cc(-c2ccc(-n3c4ccccc4c4ccccc43)cc2)cc(-c2nc3ccccc3c3nc4ccccn4c23)c1. The summed E-state index contributed by atoms with van der Waals surface area (Å²) in [4.78, 5) is 10.2. The molecular weight excluding hydrogens is 512 g/mol. The third-order valence-electron chi connectivity index (χ3n) is 8.32. The van der Waals surface area contributed by atoms with E-state index in [0.29, 0.717) is 0 Å². The van der Waals surface area contributed by atoms with E-state index in [0.717, 1.165) is 55.7 Å². The van der Waals surface area contributed by atoms with Crippen LogP contribution in [0.15, 0.2) is 146 Å². The lowest BCUT2D eigenvalue weighted by Gasteiger charge is -2.11. The number of hydrogen-bond acceptors (Lipinski definition) is 2. The molecule has 0 spiro atoms. The zero-order chi connectivity index (χ0) is 27.6. The molecule has 0 radical (unpaired) electrons. The van der Waals surface area contributed by atoms with Crippen LogP contribution in [-0.2, 0) is 0 Å². The highest BCUT2D eigenvalue weighted by Gasteiger charge is 2.17. The van der Waals surface area contributed by atoms with Crippen molar-refractivity contribution in [2.24, 2.45) is 0 Å². The van der Waals surface area contributed by atoms with Crippen molar-refractivity contribution in [3.63, 3.8) is 0 Å². The van der Waals surface area contributed by atoms with Crippen molar-refractivity contribution >= 4 is 49.4 Å². The lowest BCUT2D eigenvalue weighted by molar-refractivity contribution is 1.18. The van der Waals surface area contributed by atoms with E-state index < -0.39 is 0 Å². The number of fused-ring (bicyclic) bond motifs is 8. The van der Waals surface area contributed by atoms with Gasteiger partial charge in [0.2, 0.25) is 0 Å². The summed E-state index contributed by atoms with van der Waals surface area (Å²) in [6, 6.07) is 49.2. The Kier molecular flexibility index (Phi) is 4.87. The van der Waals surface area contributed by atoms with E-state index in [-0.39, 0.29) is 0 Å². The van der Waals surface area contributed by atoms with E-state index in [9.17, 15) is 0 Å². The maximum absolute atomic E-state index is 5.17. The lowest BCUT2D eigenvalue weighted by Crippen LogP contribution is -1.94. The summed E-state index contributed by atoms with van der Waals surface area (Å²) < 4.78 is 4.50. The van der Waals surface area contributed by atoms with E-state index in [1.807, 2.05) is 24.3 Å². The van der Waals surface area contributed by atoms with Crippen molar-refractivity contribution in [2.75, 3.05) is 0 Å². The number of rotatable bonds is 3. The van der Waals surface area contributed by atoms with E-state index in [2.05, 4.69) is 130 Å². The second-order valence-electron chi connectivity index (χ2n) is 10.7. The summed E-state index contributed by atoms with van der Waals surface area (Å²) in [6.45, 7) is 0. The average Bonchev–Trinajstić information content (AvgIpc) is 3.61. The monoisotopic (exact) mass is 536 g/mol. The van der Waals surface area contributed by atoms with Gasteiger partial charge in [-0.2, -0.15) is 0 Å². The van der Waals surface area contributed by atoms with Crippen LogP contribution >= 0.6 is 0 Å². The molecule has 4 heteroatoms. The fraction of sp³-hybridized carbons (Fsp3) is 0. The van der Waals surface area contributed by atoms with Crippen molar-refractivity contribution in [3.8, 4) is 28.1 Å². The minimum atomic E-state index is 0.920. The van der Waals surface area contributed by atoms with Crippen molar-refractivity contribution in [1.82, 2.24) is 18.9 Å². The van der Waals surface area contributed by atoms with Crippen LogP contribution in [0.1, 0.15) is 0 Å². The molecule has 0 unspecified atom stereocenters. The minimum absolute atomic E-state index is 0.920. The molecule has 9 rings (SSSR count). The van der Waals surface area contributed by atoms with Crippen molar-refractivity contribution in [2.45, 2.75) is 0 Å². The molecule has 42 heavy (non-hydrogen) atoms. The summed E-state index contributed by atoms with van der Waals surface area (Å²) in [5, 5.41) is 3.61. The molecule has 0 fully saturated rings. The largest absolute Gasteiger partial charge is 0.309 e. The highest BCUT2D eigenvalue weighted by atomic mass is 15.0. The highest BCUT2D eigenvalue weighted by Crippen LogP contribution is 2.36. The molecule has 0 aliphatic carbocycles. The Hall–Kier alpha value is -5.74. The molecule has 4 heterocycles. The Balaban J connectivity index is 1.19. The van der Waals surface area contributed by atoms with Crippen LogP contribution < -0.4 is 0 Å². The molecule has 0 N–H and O–H groups in total. The third kappa shape index (κ3) is 3.36. The van der Waals surface area contributed by atoms with Gasteiger partial charge in [0.25, 0.3) is 0 Å². The first-order valence-corrected chi connectivity index (χ1v) is 14.2. The Morgan fingerprint density at radius 1 is 0.476 bits per heavy atom. The van der Waals surface area contributed by atoms with Gasteiger partial charge in [0.05, 0.1) is 27.8 Å². The number of nitrogens with zero attached hydrogens (tertiary/aromatic N) is 4. The predicted molar refractivity (Wildman–Crippen MR) is 173 cm³/mol. The second-order valence-corrected chi connectivity index (χ2v) is 10.7. The zero-order valence-electron chi connectivity index (χ0n) is 22.6. The number of para-hydroxylation sites is 3. The number of benzene rings is 5. The maximum Gasteiger partial charge on any atom is 0.137 e. The summed E-state index contributed by atoms with van der Waals surface area (Å²) in [6.07, 6.45) is 2.07. The van der Waals surface area contributed by atoms with Crippen LogP contribution in [0.2, 0.25) is 0 Å². The first kappa shape index (κ1) is 23.0. The van der Waals surface area contributed by atoms with Gasteiger partial charge < -0.3 is 4.57 Å². The van der Waals surface area contributed by atoms with Crippen molar-refractivity contribution in [1.29, 1.82) is 0 Å². The average molecular weight is 537 g/mol. The van der Waals surface area contributed by atoms with Gasteiger partial charge in [0.1, 0.15) is 11.2 Å². The van der Waals surface area contributed by atoms with Crippen LogP contribution in [0.5, 0.6) is 0 Å². The number of pyridine rings is 2. The molecule has 0 aliphatic rings. The first-order chi connectivity index (χ1) is 20.8. The van der Waals surface area contributed by atoms with Crippen molar-refractivity contribution < 1.29 is 0 Å². The quantitative estimate of drug-likeness (QED) is 0.225. The van der Waals surface area contributed by atoms with Gasteiger partial charge in [-0.25, -0.2) is 9.97 Å². The van der Waals surface area contributed by atoms with Crippen molar-refractivity contribution in [3.05, 3.63) is 146 Å². The molecule has 4 aromatic heterocycles. The molecule has 0 saturated heterocycles.